The molecule has 0 aliphatic heterocycles. The first-order chi connectivity index (χ1) is 8.52. The molecule has 2 N–H and O–H groups in total. The van der Waals surface area contributed by atoms with Crippen LogP contribution < -0.4 is 15.4 Å². The summed E-state index contributed by atoms with van der Waals surface area (Å²) < 4.78 is 5.37. The summed E-state index contributed by atoms with van der Waals surface area (Å²) in [5.41, 5.74) is 1.05. The maximum Gasteiger partial charge on any atom is 0.315 e. The molecule has 0 heterocycles. The molecule has 100 valence electrons. The standard InChI is InChI=1S/C14H22N2O2/c1-5-18-13-8-6-12(7-9-13)11(4)16-14(17)15-10(2)3/h6-11H,5H2,1-4H3,(H2,15,16,17). The van der Waals surface area contributed by atoms with Crippen LogP contribution >= 0.6 is 0 Å². The maximum atomic E-state index is 11.6. The Bertz CT molecular complexity index is 374. The van der Waals surface area contributed by atoms with Crippen LogP contribution in [0.3, 0.4) is 0 Å². The average molecular weight is 250 g/mol. The summed E-state index contributed by atoms with van der Waals surface area (Å²) in [6.07, 6.45) is 0. The third kappa shape index (κ3) is 4.65. The topological polar surface area (TPSA) is 50.4 Å². The largest absolute Gasteiger partial charge is 0.494 e. The van der Waals surface area contributed by atoms with Crippen LogP contribution in [0.5, 0.6) is 5.75 Å². The molecule has 0 aliphatic rings. The van der Waals surface area contributed by atoms with Crippen molar-refractivity contribution in [3.05, 3.63) is 29.8 Å². The first-order valence-corrected chi connectivity index (χ1v) is 6.32. The fourth-order valence-electron chi connectivity index (χ4n) is 1.60. The Labute approximate surface area is 109 Å². The summed E-state index contributed by atoms with van der Waals surface area (Å²) in [6.45, 7) is 8.43. The fourth-order valence-corrected chi connectivity index (χ4v) is 1.60. The monoisotopic (exact) mass is 250 g/mol. The number of hydrogen-bond acceptors (Lipinski definition) is 2. The summed E-state index contributed by atoms with van der Waals surface area (Å²) in [4.78, 5) is 11.6. The van der Waals surface area contributed by atoms with Crippen LogP contribution in [0.4, 0.5) is 4.79 Å². The Kier molecular flexibility index (Phi) is 5.49. The second-order valence-corrected chi connectivity index (χ2v) is 4.50. The van der Waals surface area contributed by atoms with E-state index >= 15 is 0 Å². The van der Waals surface area contributed by atoms with Crippen molar-refractivity contribution in [3.8, 4) is 5.75 Å². The summed E-state index contributed by atoms with van der Waals surface area (Å²) in [6, 6.07) is 7.72. The minimum atomic E-state index is -0.147. The van der Waals surface area contributed by atoms with Gasteiger partial charge in [-0.2, -0.15) is 0 Å². The molecule has 1 rings (SSSR count). The van der Waals surface area contributed by atoms with E-state index in [9.17, 15) is 4.79 Å². The van der Waals surface area contributed by atoms with Crippen LogP contribution in [0.1, 0.15) is 39.3 Å². The third-order valence-corrected chi connectivity index (χ3v) is 2.46. The van der Waals surface area contributed by atoms with Gasteiger partial charge in [-0.05, 0) is 45.4 Å². The average Bonchev–Trinajstić information content (AvgIpc) is 2.29. The van der Waals surface area contributed by atoms with Gasteiger partial charge in [0.2, 0.25) is 0 Å². The highest BCUT2D eigenvalue weighted by Gasteiger charge is 2.09. The molecule has 0 spiro atoms. The molecule has 0 bridgehead atoms. The van der Waals surface area contributed by atoms with E-state index in [4.69, 9.17) is 4.74 Å². The van der Waals surface area contributed by atoms with Crippen molar-refractivity contribution in [1.29, 1.82) is 0 Å². The molecule has 1 unspecified atom stereocenters. The zero-order valence-corrected chi connectivity index (χ0v) is 11.5. The van der Waals surface area contributed by atoms with Gasteiger partial charge in [-0.15, -0.1) is 0 Å². The Balaban J connectivity index is 2.55. The Morgan fingerprint density at radius 1 is 1.17 bits per heavy atom. The molecule has 18 heavy (non-hydrogen) atoms. The van der Waals surface area contributed by atoms with Gasteiger partial charge in [-0.25, -0.2) is 4.79 Å². The molecule has 0 aromatic heterocycles. The van der Waals surface area contributed by atoms with Crippen molar-refractivity contribution in [2.24, 2.45) is 0 Å². The number of amides is 2. The Hall–Kier alpha value is -1.71. The van der Waals surface area contributed by atoms with Gasteiger partial charge < -0.3 is 15.4 Å². The molecular weight excluding hydrogens is 228 g/mol. The van der Waals surface area contributed by atoms with E-state index in [1.165, 1.54) is 0 Å². The first kappa shape index (κ1) is 14.4. The normalized spacial score (nSPS) is 12.1. The fraction of sp³-hybridized carbons (Fsp3) is 0.500. The number of ether oxygens (including phenoxy) is 1. The lowest BCUT2D eigenvalue weighted by molar-refractivity contribution is 0.235. The Morgan fingerprint density at radius 2 is 1.78 bits per heavy atom. The lowest BCUT2D eigenvalue weighted by atomic mass is 10.1. The van der Waals surface area contributed by atoms with E-state index in [2.05, 4.69) is 10.6 Å². The minimum absolute atomic E-state index is 0.0283. The van der Waals surface area contributed by atoms with Crippen molar-refractivity contribution in [2.75, 3.05) is 6.61 Å². The number of carbonyl (C=O) groups excluding carboxylic acids is 1. The van der Waals surface area contributed by atoms with Gasteiger partial charge in [-0.1, -0.05) is 12.1 Å². The summed E-state index contributed by atoms with van der Waals surface area (Å²) >= 11 is 0. The molecule has 2 amide bonds. The van der Waals surface area contributed by atoms with Gasteiger partial charge in [-0.3, -0.25) is 0 Å². The zero-order valence-electron chi connectivity index (χ0n) is 11.5. The van der Waals surface area contributed by atoms with Gasteiger partial charge in [0.25, 0.3) is 0 Å². The number of urea groups is 1. The van der Waals surface area contributed by atoms with E-state index in [1.807, 2.05) is 52.0 Å². The highest BCUT2D eigenvalue weighted by molar-refractivity contribution is 5.74. The lowest BCUT2D eigenvalue weighted by Crippen LogP contribution is -2.40. The van der Waals surface area contributed by atoms with Gasteiger partial charge >= 0.3 is 6.03 Å². The number of rotatable bonds is 5. The predicted octanol–water partition coefficient (Wildman–Crippen LogP) is 2.85. The SMILES string of the molecule is CCOc1ccc(C(C)NC(=O)NC(C)C)cc1. The molecule has 1 aromatic rings. The number of carbonyl (C=O) groups is 1. The zero-order chi connectivity index (χ0) is 13.5. The van der Waals surface area contributed by atoms with Gasteiger partial charge in [0.15, 0.2) is 0 Å². The van der Waals surface area contributed by atoms with Crippen molar-refractivity contribution >= 4 is 6.03 Å². The van der Waals surface area contributed by atoms with Crippen LogP contribution in [-0.2, 0) is 0 Å². The van der Waals surface area contributed by atoms with E-state index in [0.29, 0.717) is 6.61 Å². The smallest absolute Gasteiger partial charge is 0.315 e. The second kappa shape index (κ2) is 6.89. The van der Waals surface area contributed by atoms with Crippen molar-refractivity contribution < 1.29 is 9.53 Å². The number of benzene rings is 1. The molecule has 0 radical (unpaired) electrons. The molecule has 1 aromatic carbocycles. The second-order valence-electron chi connectivity index (χ2n) is 4.50. The van der Waals surface area contributed by atoms with Crippen LogP contribution in [0.25, 0.3) is 0 Å². The van der Waals surface area contributed by atoms with Crippen LogP contribution in [-0.4, -0.2) is 18.7 Å². The number of nitrogens with one attached hydrogen (secondary N) is 2. The Morgan fingerprint density at radius 3 is 2.28 bits per heavy atom. The molecule has 0 fully saturated rings. The van der Waals surface area contributed by atoms with E-state index in [0.717, 1.165) is 11.3 Å². The maximum absolute atomic E-state index is 11.6. The van der Waals surface area contributed by atoms with Crippen molar-refractivity contribution in [2.45, 2.75) is 39.8 Å². The van der Waals surface area contributed by atoms with E-state index in [1.54, 1.807) is 0 Å². The van der Waals surface area contributed by atoms with Gasteiger partial charge in [0.05, 0.1) is 12.6 Å². The minimum Gasteiger partial charge on any atom is -0.494 e. The molecular formula is C14H22N2O2. The molecule has 1 atom stereocenters. The summed E-state index contributed by atoms with van der Waals surface area (Å²) in [7, 11) is 0. The lowest BCUT2D eigenvalue weighted by Gasteiger charge is -2.16. The van der Waals surface area contributed by atoms with Gasteiger partial charge in [0, 0.05) is 6.04 Å². The van der Waals surface area contributed by atoms with Gasteiger partial charge in [0.1, 0.15) is 5.75 Å². The molecule has 0 saturated heterocycles. The highest BCUT2D eigenvalue weighted by Crippen LogP contribution is 2.17. The van der Waals surface area contributed by atoms with E-state index in [-0.39, 0.29) is 18.1 Å². The molecule has 4 heteroatoms. The molecule has 4 nitrogen and oxygen atoms in total. The molecule has 0 saturated carbocycles. The van der Waals surface area contributed by atoms with Crippen molar-refractivity contribution in [3.63, 3.8) is 0 Å². The number of hydrogen-bond donors (Lipinski definition) is 2. The van der Waals surface area contributed by atoms with E-state index < -0.39 is 0 Å². The van der Waals surface area contributed by atoms with Crippen LogP contribution in [0.15, 0.2) is 24.3 Å². The summed E-state index contributed by atoms with van der Waals surface area (Å²) in [5.74, 6) is 0.847. The predicted molar refractivity (Wildman–Crippen MR) is 72.8 cm³/mol. The highest BCUT2D eigenvalue weighted by atomic mass is 16.5. The first-order valence-electron chi connectivity index (χ1n) is 6.32. The van der Waals surface area contributed by atoms with Crippen molar-refractivity contribution in [1.82, 2.24) is 10.6 Å². The molecule has 0 aliphatic carbocycles. The summed E-state index contributed by atoms with van der Waals surface area (Å²) in [5, 5.41) is 5.69. The third-order valence-electron chi connectivity index (χ3n) is 2.46. The van der Waals surface area contributed by atoms with Crippen LogP contribution in [0.2, 0.25) is 0 Å². The quantitative estimate of drug-likeness (QED) is 0.844. The van der Waals surface area contributed by atoms with Crippen LogP contribution in [0, 0.1) is 0 Å².